The molecular weight excluding hydrogens is 345 g/mol. The first-order chi connectivity index (χ1) is 11.3. The zero-order valence-electron chi connectivity index (χ0n) is 14.6. The molecule has 0 aromatic carbocycles. The summed E-state index contributed by atoms with van der Waals surface area (Å²) in [6.07, 6.45) is -7.37. The summed E-state index contributed by atoms with van der Waals surface area (Å²) in [4.78, 5) is 34.3. The molecule has 1 aliphatic rings. The molecule has 0 aromatic rings. The average Bonchev–Trinajstić information content (AvgIpc) is 2.45. The minimum atomic E-state index is -5.12. The highest BCUT2D eigenvalue weighted by Crippen LogP contribution is 2.31. The van der Waals surface area contributed by atoms with Gasteiger partial charge in [-0.3, -0.25) is 9.59 Å². The van der Waals surface area contributed by atoms with Crippen LogP contribution in [0.25, 0.3) is 0 Å². The number of hydrogen-bond acceptors (Lipinski definition) is 6. The van der Waals surface area contributed by atoms with E-state index in [-0.39, 0.29) is 19.3 Å². The zero-order valence-corrected chi connectivity index (χ0v) is 14.6. The van der Waals surface area contributed by atoms with Crippen LogP contribution >= 0.6 is 0 Å². The van der Waals surface area contributed by atoms with Crippen molar-refractivity contribution in [2.75, 3.05) is 0 Å². The van der Waals surface area contributed by atoms with Crippen LogP contribution in [-0.4, -0.2) is 42.4 Å². The van der Waals surface area contributed by atoms with Gasteiger partial charge < -0.3 is 14.2 Å². The lowest BCUT2D eigenvalue weighted by Gasteiger charge is -2.35. The lowest BCUT2D eigenvalue weighted by Crippen LogP contribution is -2.42. The van der Waals surface area contributed by atoms with Crippen LogP contribution in [-0.2, 0) is 28.6 Å². The third-order valence-corrected chi connectivity index (χ3v) is 4.13. The maximum atomic E-state index is 12.4. The number of rotatable bonds is 5. The lowest BCUT2D eigenvalue weighted by molar-refractivity contribution is -0.210. The second-order valence-electron chi connectivity index (χ2n) is 6.73. The summed E-state index contributed by atoms with van der Waals surface area (Å²) in [7, 11) is 0. The first-order valence-corrected chi connectivity index (χ1v) is 8.01. The Hall–Kier alpha value is -1.80. The van der Waals surface area contributed by atoms with E-state index in [4.69, 9.17) is 9.47 Å². The fourth-order valence-corrected chi connectivity index (χ4v) is 2.37. The average molecular weight is 368 g/mol. The van der Waals surface area contributed by atoms with Gasteiger partial charge in [0, 0.05) is 26.2 Å². The van der Waals surface area contributed by atoms with Crippen molar-refractivity contribution >= 4 is 17.9 Å². The van der Waals surface area contributed by atoms with Crippen LogP contribution in [0.15, 0.2) is 0 Å². The van der Waals surface area contributed by atoms with Crippen LogP contribution in [0, 0.1) is 5.41 Å². The first-order valence-electron chi connectivity index (χ1n) is 8.01. The van der Waals surface area contributed by atoms with Gasteiger partial charge in [-0.05, 0) is 20.3 Å². The number of esters is 3. The van der Waals surface area contributed by atoms with Gasteiger partial charge in [0.15, 0.2) is 0 Å². The molecule has 0 heterocycles. The van der Waals surface area contributed by atoms with Gasteiger partial charge in [-0.15, -0.1) is 0 Å². The van der Waals surface area contributed by atoms with Crippen molar-refractivity contribution < 1.29 is 41.8 Å². The molecule has 1 saturated carbocycles. The third-order valence-electron chi connectivity index (χ3n) is 4.13. The topological polar surface area (TPSA) is 78.9 Å². The number of carbonyl (C=O) groups excluding carboxylic acids is 3. The van der Waals surface area contributed by atoms with Gasteiger partial charge in [0.1, 0.15) is 18.3 Å². The smallest absolute Gasteiger partial charge is 0.462 e. The second-order valence-corrected chi connectivity index (χ2v) is 6.73. The van der Waals surface area contributed by atoms with Crippen LogP contribution < -0.4 is 0 Å². The summed E-state index contributed by atoms with van der Waals surface area (Å²) in [5.74, 6) is -3.45. The summed E-state index contributed by atoms with van der Waals surface area (Å²) < 4.78 is 51.9. The first kappa shape index (κ1) is 21.2. The van der Waals surface area contributed by atoms with Crippen molar-refractivity contribution in [3.63, 3.8) is 0 Å². The molecule has 144 valence electrons. The Labute approximate surface area is 144 Å². The molecule has 6 nitrogen and oxygen atoms in total. The summed E-state index contributed by atoms with van der Waals surface area (Å²) >= 11 is 0. The Kier molecular flexibility index (Phi) is 6.84. The Morgan fingerprint density at radius 2 is 1.28 bits per heavy atom. The molecule has 0 N–H and O–H groups in total. The monoisotopic (exact) mass is 368 g/mol. The van der Waals surface area contributed by atoms with E-state index in [9.17, 15) is 27.6 Å². The van der Waals surface area contributed by atoms with Crippen molar-refractivity contribution in [1.29, 1.82) is 0 Å². The molecule has 0 amide bonds. The number of alkyl halides is 3. The highest BCUT2D eigenvalue weighted by atomic mass is 19.4. The molecule has 1 rings (SSSR count). The SMILES string of the molecule is CCC(C)(C)C(=O)OC1CC(OC(C)=O)CC(OC(=O)C(F)(F)F)C1. The maximum absolute atomic E-state index is 12.4. The standard InChI is InChI=1S/C16H23F3O6/c1-5-15(3,4)13(21)24-11-6-10(23-9(2)20)7-12(8-11)25-14(22)16(17,18)19/h10-12H,5-8H2,1-4H3. The van der Waals surface area contributed by atoms with E-state index < -0.39 is 47.8 Å². The van der Waals surface area contributed by atoms with Crippen LogP contribution in [0.5, 0.6) is 0 Å². The molecule has 0 aromatic heterocycles. The fourth-order valence-electron chi connectivity index (χ4n) is 2.37. The molecule has 3 atom stereocenters. The van der Waals surface area contributed by atoms with Crippen molar-refractivity contribution in [1.82, 2.24) is 0 Å². The molecule has 0 radical (unpaired) electrons. The van der Waals surface area contributed by atoms with Gasteiger partial charge >= 0.3 is 24.1 Å². The normalized spacial score (nSPS) is 24.4. The lowest BCUT2D eigenvalue weighted by atomic mass is 9.89. The molecule has 1 fully saturated rings. The van der Waals surface area contributed by atoms with Crippen LogP contribution in [0.3, 0.4) is 0 Å². The van der Waals surface area contributed by atoms with E-state index in [1.807, 2.05) is 0 Å². The van der Waals surface area contributed by atoms with E-state index in [0.29, 0.717) is 6.42 Å². The summed E-state index contributed by atoms with van der Waals surface area (Å²) in [6, 6.07) is 0. The highest BCUT2D eigenvalue weighted by Gasteiger charge is 2.44. The van der Waals surface area contributed by atoms with E-state index in [1.165, 1.54) is 0 Å². The van der Waals surface area contributed by atoms with Gasteiger partial charge in [-0.1, -0.05) is 6.92 Å². The second kappa shape index (κ2) is 8.05. The van der Waals surface area contributed by atoms with Crippen molar-refractivity contribution in [3.8, 4) is 0 Å². The Balaban J connectivity index is 2.81. The van der Waals surface area contributed by atoms with Gasteiger partial charge in [0.25, 0.3) is 0 Å². The van der Waals surface area contributed by atoms with Gasteiger partial charge in [-0.25, -0.2) is 4.79 Å². The van der Waals surface area contributed by atoms with Gasteiger partial charge in [-0.2, -0.15) is 13.2 Å². The predicted molar refractivity (Wildman–Crippen MR) is 79.3 cm³/mol. The number of ether oxygens (including phenoxy) is 3. The summed E-state index contributed by atoms with van der Waals surface area (Å²) in [6.45, 7) is 6.33. The van der Waals surface area contributed by atoms with Crippen LogP contribution in [0.1, 0.15) is 53.4 Å². The number of hydrogen-bond donors (Lipinski definition) is 0. The molecule has 1 aliphatic carbocycles. The molecule has 0 aliphatic heterocycles. The quantitative estimate of drug-likeness (QED) is 0.548. The highest BCUT2D eigenvalue weighted by molar-refractivity contribution is 5.76. The molecule has 0 bridgehead atoms. The van der Waals surface area contributed by atoms with E-state index in [0.717, 1.165) is 6.92 Å². The van der Waals surface area contributed by atoms with Crippen LogP contribution in [0.2, 0.25) is 0 Å². The molecular formula is C16H23F3O6. The summed E-state index contributed by atoms with van der Waals surface area (Å²) in [5, 5.41) is 0. The number of carbonyl (C=O) groups is 3. The van der Waals surface area contributed by atoms with Gasteiger partial charge in [0.05, 0.1) is 5.41 Å². The molecule has 0 spiro atoms. The molecule has 25 heavy (non-hydrogen) atoms. The van der Waals surface area contributed by atoms with E-state index in [2.05, 4.69) is 4.74 Å². The minimum absolute atomic E-state index is 0.0768. The molecule has 0 saturated heterocycles. The van der Waals surface area contributed by atoms with Crippen molar-refractivity contribution in [2.45, 2.75) is 77.9 Å². The summed E-state index contributed by atoms with van der Waals surface area (Å²) in [5.41, 5.74) is -0.757. The Morgan fingerprint density at radius 3 is 1.64 bits per heavy atom. The molecule has 3 unspecified atom stereocenters. The minimum Gasteiger partial charge on any atom is -0.462 e. The van der Waals surface area contributed by atoms with Crippen LogP contribution in [0.4, 0.5) is 13.2 Å². The zero-order chi connectivity index (χ0) is 19.4. The maximum Gasteiger partial charge on any atom is 0.490 e. The predicted octanol–water partition coefficient (Wildman–Crippen LogP) is 2.92. The van der Waals surface area contributed by atoms with Crippen molar-refractivity contribution in [3.05, 3.63) is 0 Å². The Morgan fingerprint density at radius 1 is 0.880 bits per heavy atom. The third kappa shape index (κ3) is 6.55. The van der Waals surface area contributed by atoms with Gasteiger partial charge in [0.2, 0.25) is 0 Å². The van der Waals surface area contributed by atoms with E-state index in [1.54, 1.807) is 20.8 Å². The van der Waals surface area contributed by atoms with Crippen molar-refractivity contribution in [2.24, 2.45) is 5.41 Å². The fraction of sp³-hybridized carbons (Fsp3) is 0.812. The molecule has 9 heteroatoms. The Bertz CT molecular complexity index is 514. The largest absolute Gasteiger partial charge is 0.490 e. The van der Waals surface area contributed by atoms with E-state index >= 15 is 0 Å². The number of halogens is 3.